The number of aromatic amines is 1. The summed E-state index contributed by atoms with van der Waals surface area (Å²) in [7, 11) is 3.22. The Morgan fingerprint density at radius 2 is 1.42 bits per heavy atom. The molecule has 0 spiro atoms. The number of fused-ring (bicyclic) bond motifs is 2. The van der Waals surface area contributed by atoms with Crippen molar-refractivity contribution in [2.45, 2.75) is 6.54 Å². The molecule has 9 nitrogen and oxygen atoms in total. The summed E-state index contributed by atoms with van der Waals surface area (Å²) >= 11 is 6.59. The minimum atomic E-state index is -0.422. The normalized spacial score (nSPS) is 10.9. The van der Waals surface area contributed by atoms with Gasteiger partial charge in [0.2, 0.25) is 0 Å². The van der Waals surface area contributed by atoms with E-state index >= 15 is 0 Å². The molecule has 0 saturated heterocycles. The van der Waals surface area contributed by atoms with Gasteiger partial charge in [0.25, 0.3) is 11.1 Å². The average molecular weight is 554 g/mol. The van der Waals surface area contributed by atoms with Gasteiger partial charge in [-0.2, -0.15) is 0 Å². The van der Waals surface area contributed by atoms with Crippen molar-refractivity contribution < 1.29 is 5.11 Å². The van der Waals surface area contributed by atoms with Crippen molar-refractivity contribution in [3.63, 3.8) is 0 Å². The van der Waals surface area contributed by atoms with Gasteiger partial charge in [0.05, 0.1) is 35.0 Å². The van der Waals surface area contributed by atoms with E-state index in [4.69, 9.17) is 5.11 Å². The van der Waals surface area contributed by atoms with Crippen LogP contribution >= 0.6 is 31.9 Å². The molecule has 2 heterocycles. The molecule has 0 saturated carbocycles. The molecule has 0 aliphatic carbocycles. The zero-order chi connectivity index (χ0) is 22.9. The van der Waals surface area contributed by atoms with Crippen molar-refractivity contribution >= 4 is 53.7 Å². The number of aryl methyl sites for hydroxylation is 2. The number of nitrogens with one attached hydrogen (secondary N) is 1. The molecule has 162 valence electrons. The Balaban J connectivity index is 0.000000179. The van der Waals surface area contributed by atoms with Crippen LogP contribution in [0.15, 0.2) is 64.5 Å². The predicted molar refractivity (Wildman–Crippen MR) is 126 cm³/mol. The van der Waals surface area contributed by atoms with Crippen LogP contribution < -0.4 is 22.5 Å². The fourth-order valence-corrected chi connectivity index (χ4v) is 3.81. The summed E-state index contributed by atoms with van der Waals surface area (Å²) in [6.45, 7) is -0.227. The molecule has 31 heavy (non-hydrogen) atoms. The van der Waals surface area contributed by atoms with Crippen molar-refractivity contribution in [2.24, 2.45) is 14.1 Å². The van der Waals surface area contributed by atoms with Gasteiger partial charge in [-0.25, -0.2) is 9.59 Å². The van der Waals surface area contributed by atoms with Gasteiger partial charge in [-0.1, -0.05) is 31.9 Å². The van der Waals surface area contributed by atoms with Gasteiger partial charge in [-0.05, 0) is 36.4 Å². The molecule has 11 heteroatoms. The molecule has 0 atom stereocenters. The van der Waals surface area contributed by atoms with Crippen LogP contribution in [0.1, 0.15) is 0 Å². The standard InChI is InChI=1S/C11H11BrN2O3.C9H7BrN2O2/c1-13-9-6-7(12)2-3-8(9)10(16)14(4-5-15)11(13)17;1-12-7-4-5(10)2-3-6(7)8(13)11-9(12)14/h2-3,6,15H,4-5H2,1H3;2-4H,1H3,(H,11,13,14). The summed E-state index contributed by atoms with van der Waals surface area (Å²) in [5.74, 6) is 0. The van der Waals surface area contributed by atoms with E-state index in [0.29, 0.717) is 21.8 Å². The fraction of sp³-hybridized carbons (Fsp3) is 0.200. The van der Waals surface area contributed by atoms with Gasteiger partial charge in [0.15, 0.2) is 0 Å². The van der Waals surface area contributed by atoms with E-state index in [1.54, 1.807) is 50.5 Å². The van der Waals surface area contributed by atoms with E-state index in [1.807, 2.05) is 0 Å². The Kier molecular flexibility index (Phi) is 6.77. The molecule has 2 aromatic carbocycles. The van der Waals surface area contributed by atoms with Gasteiger partial charge in [-0.15, -0.1) is 0 Å². The van der Waals surface area contributed by atoms with Crippen molar-refractivity contribution in [1.82, 2.24) is 18.7 Å². The van der Waals surface area contributed by atoms with Crippen LogP contribution in [0.4, 0.5) is 0 Å². The van der Waals surface area contributed by atoms with Crippen LogP contribution in [0, 0.1) is 0 Å². The summed E-state index contributed by atoms with van der Waals surface area (Å²) in [6.07, 6.45) is 0. The number of benzene rings is 2. The molecule has 0 unspecified atom stereocenters. The van der Waals surface area contributed by atoms with Crippen molar-refractivity contribution in [2.75, 3.05) is 6.61 Å². The maximum atomic E-state index is 12.0. The highest BCUT2D eigenvalue weighted by Crippen LogP contribution is 2.16. The van der Waals surface area contributed by atoms with Gasteiger partial charge in [0, 0.05) is 23.0 Å². The SMILES string of the molecule is Cn1c(=O)[nH]c(=O)c2ccc(Br)cc21.Cn1c(=O)n(CCO)c(=O)c2ccc(Br)cc21. The quantitative estimate of drug-likeness (QED) is 0.389. The topological polar surface area (TPSA) is 119 Å². The first kappa shape index (κ1) is 22.9. The summed E-state index contributed by atoms with van der Waals surface area (Å²) in [5.41, 5.74) is -0.354. The van der Waals surface area contributed by atoms with Gasteiger partial charge >= 0.3 is 11.4 Å². The van der Waals surface area contributed by atoms with E-state index in [9.17, 15) is 19.2 Å². The van der Waals surface area contributed by atoms with Crippen molar-refractivity contribution in [1.29, 1.82) is 0 Å². The largest absolute Gasteiger partial charge is 0.395 e. The summed E-state index contributed by atoms with van der Waals surface area (Å²) < 4.78 is 5.49. The third kappa shape index (κ3) is 4.48. The Morgan fingerprint density at radius 1 is 0.871 bits per heavy atom. The second-order valence-electron chi connectivity index (χ2n) is 6.66. The number of aliphatic hydroxyl groups is 1. The lowest BCUT2D eigenvalue weighted by Crippen LogP contribution is -2.39. The van der Waals surface area contributed by atoms with E-state index in [-0.39, 0.29) is 24.3 Å². The molecule has 2 aromatic heterocycles. The lowest BCUT2D eigenvalue weighted by atomic mass is 10.2. The van der Waals surface area contributed by atoms with Gasteiger partial charge < -0.3 is 5.11 Å². The van der Waals surface area contributed by atoms with E-state index in [0.717, 1.165) is 13.5 Å². The molecule has 2 N–H and O–H groups in total. The highest BCUT2D eigenvalue weighted by atomic mass is 79.9. The molecule has 0 aliphatic heterocycles. The van der Waals surface area contributed by atoms with E-state index in [1.165, 1.54) is 9.13 Å². The van der Waals surface area contributed by atoms with Crippen LogP contribution in [-0.4, -0.2) is 30.4 Å². The van der Waals surface area contributed by atoms with Gasteiger partial charge in [0.1, 0.15) is 0 Å². The fourth-order valence-electron chi connectivity index (χ4n) is 3.11. The van der Waals surface area contributed by atoms with Crippen LogP contribution in [0.5, 0.6) is 0 Å². The first-order valence-electron chi connectivity index (χ1n) is 9.04. The minimum absolute atomic E-state index is 0.0114. The Bertz CT molecular complexity index is 1530. The van der Waals surface area contributed by atoms with E-state index < -0.39 is 11.4 Å². The highest BCUT2D eigenvalue weighted by molar-refractivity contribution is 9.10. The molecule has 0 radical (unpaired) electrons. The average Bonchev–Trinajstić information content (AvgIpc) is 2.74. The summed E-state index contributed by atoms with van der Waals surface area (Å²) in [6, 6.07) is 10.3. The number of aliphatic hydroxyl groups excluding tert-OH is 1. The number of aromatic nitrogens is 4. The minimum Gasteiger partial charge on any atom is -0.395 e. The lowest BCUT2D eigenvalue weighted by Gasteiger charge is -2.09. The molecule has 0 bridgehead atoms. The Morgan fingerprint density at radius 3 is 2.00 bits per heavy atom. The molecular weight excluding hydrogens is 536 g/mol. The van der Waals surface area contributed by atoms with Crippen molar-refractivity contribution in [3.8, 4) is 0 Å². The molecule has 0 fully saturated rings. The molecular formula is C20H18Br2N4O5. The number of halogens is 2. The lowest BCUT2D eigenvalue weighted by molar-refractivity contribution is 0.271. The predicted octanol–water partition coefficient (Wildman–Crippen LogP) is 1.44. The summed E-state index contributed by atoms with van der Waals surface area (Å²) in [4.78, 5) is 48.8. The Labute approximate surface area is 191 Å². The third-order valence-corrected chi connectivity index (χ3v) is 5.72. The number of nitrogens with zero attached hydrogens (tertiary/aromatic N) is 3. The molecule has 4 rings (SSSR count). The molecule has 0 aliphatic rings. The number of hydrogen-bond acceptors (Lipinski definition) is 5. The zero-order valence-electron chi connectivity index (χ0n) is 16.6. The van der Waals surface area contributed by atoms with Gasteiger partial charge in [-0.3, -0.25) is 28.3 Å². The molecule has 0 amide bonds. The third-order valence-electron chi connectivity index (χ3n) is 4.73. The second kappa shape index (κ2) is 9.16. The van der Waals surface area contributed by atoms with Crippen LogP contribution in [0.2, 0.25) is 0 Å². The molecule has 4 aromatic rings. The van der Waals surface area contributed by atoms with Crippen LogP contribution in [0.3, 0.4) is 0 Å². The Hall–Kier alpha value is -2.76. The van der Waals surface area contributed by atoms with E-state index in [2.05, 4.69) is 36.8 Å². The highest BCUT2D eigenvalue weighted by Gasteiger charge is 2.10. The number of hydrogen-bond donors (Lipinski definition) is 2. The first-order valence-corrected chi connectivity index (χ1v) is 10.6. The summed E-state index contributed by atoms with van der Waals surface area (Å²) in [5, 5.41) is 9.83. The number of H-pyrrole nitrogens is 1. The monoisotopic (exact) mass is 552 g/mol. The number of rotatable bonds is 2. The second-order valence-corrected chi connectivity index (χ2v) is 8.49. The van der Waals surface area contributed by atoms with Crippen LogP contribution in [-0.2, 0) is 20.6 Å². The maximum absolute atomic E-state index is 12.0. The zero-order valence-corrected chi connectivity index (χ0v) is 19.7. The maximum Gasteiger partial charge on any atom is 0.331 e. The smallest absolute Gasteiger partial charge is 0.331 e. The first-order chi connectivity index (χ1) is 14.6. The van der Waals surface area contributed by atoms with Crippen LogP contribution in [0.25, 0.3) is 21.8 Å². The van der Waals surface area contributed by atoms with Crippen molar-refractivity contribution in [3.05, 3.63) is 87.0 Å².